The van der Waals surface area contributed by atoms with Gasteiger partial charge in [-0.1, -0.05) is 80.0 Å². The number of nitrogens with one attached hydrogen (secondary N) is 1. The molecule has 0 saturated heterocycles. The molecular weight excluding hydrogens is 452 g/mol. The molecule has 4 rings (SSSR count). The van der Waals surface area contributed by atoms with Gasteiger partial charge in [0.2, 0.25) is 0 Å². The molecular formula is C27H25ClN2O2S. The Kier molecular flexibility index (Phi) is 6.82. The van der Waals surface area contributed by atoms with Crippen LogP contribution in [0.2, 0.25) is 5.02 Å². The average Bonchev–Trinajstić information content (AvgIpc) is 3.18. The first-order chi connectivity index (χ1) is 15.8. The van der Waals surface area contributed by atoms with Gasteiger partial charge in [-0.3, -0.25) is 10.1 Å². The Morgan fingerprint density at radius 1 is 1.00 bits per heavy atom. The van der Waals surface area contributed by atoms with Crippen molar-refractivity contribution in [3.8, 4) is 17.0 Å². The molecule has 0 aliphatic heterocycles. The van der Waals surface area contributed by atoms with Gasteiger partial charge < -0.3 is 4.74 Å². The fraction of sp³-hybridized carbons (Fsp3) is 0.185. The van der Waals surface area contributed by atoms with Crippen molar-refractivity contribution in [3.63, 3.8) is 0 Å². The van der Waals surface area contributed by atoms with Gasteiger partial charge >= 0.3 is 0 Å². The summed E-state index contributed by atoms with van der Waals surface area (Å²) in [7, 11) is 0. The number of amides is 1. The molecule has 0 radical (unpaired) electrons. The van der Waals surface area contributed by atoms with Crippen LogP contribution in [0.1, 0.15) is 29.9 Å². The number of thiazole rings is 1. The smallest absolute Gasteiger partial charge is 0.264 e. The minimum Gasteiger partial charge on any atom is -0.484 e. The molecule has 168 valence electrons. The molecule has 4 aromatic rings. The zero-order chi connectivity index (χ0) is 23.4. The lowest BCUT2D eigenvalue weighted by atomic mass is 9.78. The van der Waals surface area contributed by atoms with Crippen molar-refractivity contribution in [2.24, 2.45) is 0 Å². The van der Waals surface area contributed by atoms with E-state index in [1.165, 1.54) is 22.5 Å². The van der Waals surface area contributed by atoms with E-state index >= 15 is 0 Å². The summed E-state index contributed by atoms with van der Waals surface area (Å²) >= 11 is 7.52. The average molecular weight is 477 g/mol. The van der Waals surface area contributed by atoms with Gasteiger partial charge in [0.05, 0.1) is 5.69 Å². The van der Waals surface area contributed by atoms with Crippen molar-refractivity contribution in [2.45, 2.75) is 26.2 Å². The van der Waals surface area contributed by atoms with Crippen molar-refractivity contribution < 1.29 is 9.53 Å². The number of hydrogen-bond donors (Lipinski definition) is 1. The van der Waals surface area contributed by atoms with Crippen LogP contribution in [0.3, 0.4) is 0 Å². The van der Waals surface area contributed by atoms with Gasteiger partial charge in [-0.25, -0.2) is 4.98 Å². The zero-order valence-electron chi connectivity index (χ0n) is 18.8. The molecule has 0 unspecified atom stereocenters. The van der Waals surface area contributed by atoms with Crippen LogP contribution < -0.4 is 10.1 Å². The molecule has 1 N–H and O–H groups in total. The molecule has 0 saturated carbocycles. The minimum absolute atomic E-state index is 0.0907. The number of hydrogen-bond acceptors (Lipinski definition) is 4. The Labute approximate surface area is 203 Å². The first kappa shape index (κ1) is 23.0. The Balaban J connectivity index is 1.36. The van der Waals surface area contributed by atoms with E-state index in [-0.39, 0.29) is 17.9 Å². The van der Waals surface area contributed by atoms with Gasteiger partial charge in [0.25, 0.3) is 5.91 Å². The molecule has 0 aliphatic rings. The summed E-state index contributed by atoms with van der Waals surface area (Å²) in [5.74, 6) is 0.391. The van der Waals surface area contributed by atoms with Crippen LogP contribution in [0, 0.1) is 6.92 Å². The van der Waals surface area contributed by atoms with Crippen LogP contribution in [0.25, 0.3) is 11.3 Å². The first-order valence-electron chi connectivity index (χ1n) is 10.6. The summed E-state index contributed by atoms with van der Waals surface area (Å²) in [5.41, 5.74) is 4.04. The third kappa shape index (κ3) is 5.44. The highest BCUT2D eigenvalue weighted by molar-refractivity contribution is 7.16. The third-order valence-electron chi connectivity index (χ3n) is 5.58. The predicted molar refractivity (Wildman–Crippen MR) is 136 cm³/mol. The van der Waals surface area contributed by atoms with E-state index in [4.69, 9.17) is 16.3 Å². The number of carbonyl (C=O) groups is 1. The first-order valence-corrected chi connectivity index (χ1v) is 11.8. The molecule has 0 bridgehead atoms. The molecule has 3 aromatic carbocycles. The number of ether oxygens (including phenoxy) is 1. The van der Waals surface area contributed by atoms with E-state index < -0.39 is 0 Å². The number of anilines is 1. The summed E-state index contributed by atoms with van der Waals surface area (Å²) in [6, 6.07) is 25.8. The Morgan fingerprint density at radius 3 is 2.39 bits per heavy atom. The van der Waals surface area contributed by atoms with Crippen LogP contribution in [-0.4, -0.2) is 17.5 Å². The lowest BCUT2D eigenvalue weighted by Gasteiger charge is -2.26. The number of aromatic nitrogens is 1. The third-order valence-corrected chi connectivity index (χ3v) is 6.70. The second-order valence-corrected chi connectivity index (χ2v) is 9.93. The number of nitrogens with zero attached hydrogens (tertiary/aromatic N) is 1. The second kappa shape index (κ2) is 9.77. The van der Waals surface area contributed by atoms with E-state index in [0.29, 0.717) is 15.9 Å². The highest BCUT2D eigenvalue weighted by Gasteiger charge is 2.22. The molecule has 0 atom stereocenters. The van der Waals surface area contributed by atoms with Crippen LogP contribution in [0.15, 0.2) is 78.9 Å². The molecule has 6 heteroatoms. The summed E-state index contributed by atoms with van der Waals surface area (Å²) in [5, 5.41) is 4.01. The van der Waals surface area contributed by atoms with E-state index in [2.05, 4.69) is 48.4 Å². The van der Waals surface area contributed by atoms with Crippen LogP contribution in [0.5, 0.6) is 5.75 Å². The number of carbonyl (C=O) groups excluding carboxylic acids is 1. The van der Waals surface area contributed by atoms with Crippen LogP contribution in [0.4, 0.5) is 5.13 Å². The van der Waals surface area contributed by atoms with Crippen LogP contribution >= 0.6 is 22.9 Å². The maximum absolute atomic E-state index is 12.4. The van der Waals surface area contributed by atoms with Crippen molar-refractivity contribution in [2.75, 3.05) is 11.9 Å². The normalized spacial score (nSPS) is 11.3. The van der Waals surface area contributed by atoms with E-state index in [0.717, 1.165) is 16.1 Å². The lowest BCUT2D eigenvalue weighted by molar-refractivity contribution is -0.118. The van der Waals surface area contributed by atoms with Gasteiger partial charge in [0, 0.05) is 20.9 Å². The quantitative estimate of drug-likeness (QED) is 0.309. The van der Waals surface area contributed by atoms with E-state index in [1.807, 2.05) is 61.5 Å². The van der Waals surface area contributed by atoms with Gasteiger partial charge in [0.15, 0.2) is 11.7 Å². The van der Waals surface area contributed by atoms with Gasteiger partial charge in [0.1, 0.15) is 5.75 Å². The Morgan fingerprint density at radius 2 is 1.70 bits per heavy atom. The predicted octanol–water partition coefficient (Wildman–Crippen LogP) is 7.12. The fourth-order valence-electron chi connectivity index (χ4n) is 3.65. The van der Waals surface area contributed by atoms with Crippen molar-refractivity contribution in [1.29, 1.82) is 0 Å². The van der Waals surface area contributed by atoms with Crippen molar-refractivity contribution in [3.05, 3.63) is 99.9 Å². The monoisotopic (exact) mass is 476 g/mol. The fourth-order valence-corrected chi connectivity index (χ4v) is 4.69. The molecule has 1 amide bonds. The summed E-state index contributed by atoms with van der Waals surface area (Å²) in [6.07, 6.45) is 0. The second-order valence-electron chi connectivity index (χ2n) is 8.29. The minimum atomic E-state index is -0.255. The number of aryl methyl sites for hydroxylation is 1. The molecule has 1 heterocycles. The van der Waals surface area contributed by atoms with Gasteiger partial charge in [-0.05, 0) is 42.3 Å². The topological polar surface area (TPSA) is 51.2 Å². The Hall–Kier alpha value is -3.15. The summed E-state index contributed by atoms with van der Waals surface area (Å²) in [4.78, 5) is 18.0. The Bertz CT molecular complexity index is 1250. The summed E-state index contributed by atoms with van der Waals surface area (Å²) < 4.78 is 5.70. The molecule has 0 spiro atoms. The number of halogens is 1. The maximum atomic E-state index is 12.4. The SMILES string of the molecule is Cc1sc(NC(=O)COc2ccc(C(C)(C)c3ccccc3)cc2)nc1-c1cccc(Cl)c1. The largest absolute Gasteiger partial charge is 0.484 e. The van der Waals surface area contributed by atoms with Crippen LogP contribution in [-0.2, 0) is 10.2 Å². The van der Waals surface area contributed by atoms with E-state index in [1.54, 1.807) is 0 Å². The van der Waals surface area contributed by atoms with E-state index in [9.17, 15) is 4.79 Å². The standard InChI is InChI=1S/C27H25ClN2O2S/c1-18-25(19-8-7-11-22(28)16-19)30-26(33-18)29-24(31)17-32-23-14-12-21(13-15-23)27(2,3)20-9-5-4-6-10-20/h4-16H,17H2,1-3H3,(H,29,30,31). The number of benzene rings is 3. The molecule has 0 aliphatic carbocycles. The molecule has 1 aromatic heterocycles. The zero-order valence-corrected chi connectivity index (χ0v) is 20.3. The molecule has 0 fully saturated rings. The lowest BCUT2D eigenvalue weighted by Crippen LogP contribution is -2.20. The maximum Gasteiger partial charge on any atom is 0.264 e. The highest BCUT2D eigenvalue weighted by Crippen LogP contribution is 2.33. The number of rotatable bonds is 7. The van der Waals surface area contributed by atoms with Gasteiger partial charge in [-0.15, -0.1) is 11.3 Å². The summed E-state index contributed by atoms with van der Waals surface area (Å²) in [6.45, 7) is 6.27. The van der Waals surface area contributed by atoms with Crippen molar-refractivity contribution in [1.82, 2.24) is 4.98 Å². The molecule has 4 nitrogen and oxygen atoms in total. The van der Waals surface area contributed by atoms with Crippen molar-refractivity contribution >= 4 is 34.0 Å². The van der Waals surface area contributed by atoms with Gasteiger partial charge in [-0.2, -0.15) is 0 Å². The molecule has 33 heavy (non-hydrogen) atoms. The highest BCUT2D eigenvalue weighted by atomic mass is 35.5.